The molecule has 0 fully saturated rings. The van der Waals surface area contributed by atoms with Crippen LogP contribution in [0.1, 0.15) is 17.5 Å². The van der Waals surface area contributed by atoms with E-state index in [2.05, 4.69) is 15.4 Å². The molecule has 1 N–H and O–H groups in total. The zero-order valence-electron chi connectivity index (χ0n) is 16.1. The van der Waals surface area contributed by atoms with Crippen LogP contribution in [0.5, 0.6) is 5.75 Å². The summed E-state index contributed by atoms with van der Waals surface area (Å²) in [5.74, 6) is -0.0391. The second-order valence-corrected chi connectivity index (χ2v) is 6.47. The van der Waals surface area contributed by atoms with Gasteiger partial charge in [0.05, 0.1) is 5.69 Å². The topological polar surface area (TPSA) is 86.1 Å². The number of carbonyl (C=O) groups excluding carboxylic acids is 2. The molecule has 0 aliphatic carbocycles. The fourth-order valence-corrected chi connectivity index (χ4v) is 2.88. The van der Waals surface area contributed by atoms with Gasteiger partial charge in [0.1, 0.15) is 5.75 Å². The van der Waals surface area contributed by atoms with Crippen LogP contribution >= 0.6 is 0 Å². The molecule has 0 aliphatic rings. The Balaban J connectivity index is 1.63. The Bertz CT molecular complexity index is 1110. The van der Waals surface area contributed by atoms with Crippen molar-refractivity contribution in [1.29, 1.82) is 0 Å². The van der Waals surface area contributed by atoms with Crippen molar-refractivity contribution >= 4 is 17.6 Å². The average Bonchev–Trinajstić information content (AvgIpc) is 3.22. The molecule has 7 nitrogen and oxygen atoms in total. The maximum atomic E-state index is 12.7. The van der Waals surface area contributed by atoms with Crippen LogP contribution in [0.2, 0.25) is 0 Å². The molecule has 0 unspecified atom stereocenters. The lowest BCUT2D eigenvalue weighted by molar-refractivity contribution is -0.114. The van der Waals surface area contributed by atoms with Crippen LogP contribution in [-0.4, -0.2) is 26.6 Å². The molecule has 0 spiro atoms. The van der Waals surface area contributed by atoms with Crippen molar-refractivity contribution in [2.24, 2.45) is 0 Å². The zero-order valence-corrected chi connectivity index (χ0v) is 16.1. The third kappa shape index (κ3) is 4.25. The highest BCUT2D eigenvalue weighted by molar-refractivity contribution is 5.89. The van der Waals surface area contributed by atoms with E-state index < -0.39 is 5.97 Å². The lowest BCUT2D eigenvalue weighted by Crippen LogP contribution is -2.11. The van der Waals surface area contributed by atoms with Gasteiger partial charge in [-0.3, -0.25) is 4.79 Å². The minimum Gasteiger partial charge on any atom is -0.421 e. The van der Waals surface area contributed by atoms with Gasteiger partial charge in [0.15, 0.2) is 5.82 Å². The number of amides is 1. The number of ether oxygens (including phenoxy) is 1. The molecule has 4 aromatic rings. The van der Waals surface area contributed by atoms with E-state index in [9.17, 15) is 9.59 Å². The smallest absolute Gasteiger partial charge is 0.383 e. The van der Waals surface area contributed by atoms with E-state index in [-0.39, 0.29) is 11.7 Å². The van der Waals surface area contributed by atoms with Crippen molar-refractivity contribution < 1.29 is 14.3 Å². The molecule has 148 valence electrons. The zero-order chi connectivity index (χ0) is 20.9. The van der Waals surface area contributed by atoms with Gasteiger partial charge in [0, 0.05) is 18.2 Å². The van der Waals surface area contributed by atoms with Gasteiger partial charge in [-0.05, 0) is 36.4 Å². The Morgan fingerprint density at radius 2 is 1.50 bits per heavy atom. The number of aromatic nitrogens is 3. The lowest BCUT2D eigenvalue weighted by Gasteiger charge is -2.05. The summed E-state index contributed by atoms with van der Waals surface area (Å²) in [5, 5.41) is 7.04. The summed E-state index contributed by atoms with van der Waals surface area (Å²) < 4.78 is 7.03. The first-order chi connectivity index (χ1) is 14.6. The van der Waals surface area contributed by atoms with Gasteiger partial charge in [0.2, 0.25) is 5.91 Å². The maximum absolute atomic E-state index is 12.7. The van der Waals surface area contributed by atoms with E-state index >= 15 is 0 Å². The minimum absolute atomic E-state index is 0.0522. The summed E-state index contributed by atoms with van der Waals surface area (Å²) in [6.45, 7) is 1.42. The highest BCUT2D eigenvalue weighted by Gasteiger charge is 2.20. The normalized spacial score (nSPS) is 10.4. The second-order valence-electron chi connectivity index (χ2n) is 6.47. The SMILES string of the molecule is CC(=O)Nc1ccc(OC(=O)c2nc(-c3ccccc3)n(-c3ccccc3)n2)cc1. The number of anilines is 1. The lowest BCUT2D eigenvalue weighted by atomic mass is 10.2. The summed E-state index contributed by atoms with van der Waals surface area (Å²) in [4.78, 5) is 28.2. The van der Waals surface area contributed by atoms with Crippen molar-refractivity contribution in [3.63, 3.8) is 0 Å². The van der Waals surface area contributed by atoms with E-state index in [0.29, 0.717) is 17.3 Å². The summed E-state index contributed by atoms with van der Waals surface area (Å²) in [7, 11) is 0. The number of carbonyl (C=O) groups is 2. The number of benzene rings is 3. The second kappa shape index (κ2) is 8.40. The monoisotopic (exact) mass is 398 g/mol. The molecule has 0 saturated carbocycles. The molecular formula is C23H18N4O3. The fourth-order valence-electron chi connectivity index (χ4n) is 2.88. The summed E-state index contributed by atoms with van der Waals surface area (Å²) in [6, 6.07) is 25.4. The van der Waals surface area contributed by atoms with Crippen LogP contribution in [0.15, 0.2) is 84.9 Å². The van der Waals surface area contributed by atoms with Gasteiger partial charge < -0.3 is 10.1 Å². The Morgan fingerprint density at radius 1 is 0.867 bits per heavy atom. The number of nitrogens with zero attached hydrogens (tertiary/aromatic N) is 3. The van der Waals surface area contributed by atoms with Gasteiger partial charge in [-0.25, -0.2) is 14.5 Å². The predicted molar refractivity (Wildman–Crippen MR) is 112 cm³/mol. The molecule has 0 saturated heterocycles. The van der Waals surface area contributed by atoms with Crippen LogP contribution in [0.25, 0.3) is 17.1 Å². The highest BCUT2D eigenvalue weighted by Crippen LogP contribution is 2.22. The number of para-hydroxylation sites is 1. The van der Waals surface area contributed by atoms with Crippen LogP contribution in [0.3, 0.4) is 0 Å². The molecular weight excluding hydrogens is 380 g/mol. The fraction of sp³-hybridized carbons (Fsp3) is 0.0435. The van der Waals surface area contributed by atoms with E-state index in [1.807, 2.05) is 60.7 Å². The van der Waals surface area contributed by atoms with Gasteiger partial charge in [-0.2, -0.15) is 0 Å². The third-order valence-corrected chi connectivity index (χ3v) is 4.21. The van der Waals surface area contributed by atoms with Crippen LogP contribution in [-0.2, 0) is 4.79 Å². The number of esters is 1. The van der Waals surface area contributed by atoms with Crippen molar-refractivity contribution in [1.82, 2.24) is 14.8 Å². The number of hydrogen-bond donors (Lipinski definition) is 1. The molecule has 1 heterocycles. The molecule has 30 heavy (non-hydrogen) atoms. The number of hydrogen-bond acceptors (Lipinski definition) is 5. The third-order valence-electron chi connectivity index (χ3n) is 4.21. The first kappa shape index (κ1) is 19.1. The quantitative estimate of drug-likeness (QED) is 0.404. The molecule has 7 heteroatoms. The predicted octanol–water partition coefficient (Wildman–Crippen LogP) is 4.11. The first-order valence-corrected chi connectivity index (χ1v) is 9.28. The van der Waals surface area contributed by atoms with E-state index in [1.54, 1.807) is 28.9 Å². The van der Waals surface area contributed by atoms with Crippen molar-refractivity contribution in [2.45, 2.75) is 6.92 Å². The largest absolute Gasteiger partial charge is 0.421 e. The molecule has 0 aliphatic heterocycles. The van der Waals surface area contributed by atoms with Gasteiger partial charge in [-0.1, -0.05) is 48.5 Å². The molecule has 3 aromatic carbocycles. The summed E-state index contributed by atoms with van der Waals surface area (Å²) in [5.41, 5.74) is 2.22. The Morgan fingerprint density at radius 3 is 2.13 bits per heavy atom. The molecule has 0 bridgehead atoms. The Kier molecular flexibility index (Phi) is 5.34. The van der Waals surface area contributed by atoms with Crippen LogP contribution < -0.4 is 10.1 Å². The first-order valence-electron chi connectivity index (χ1n) is 9.28. The highest BCUT2D eigenvalue weighted by atomic mass is 16.5. The van der Waals surface area contributed by atoms with Gasteiger partial charge >= 0.3 is 5.97 Å². The van der Waals surface area contributed by atoms with Gasteiger partial charge in [-0.15, -0.1) is 5.10 Å². The molecule has 1 amide bonds. The molecule has 0 atom stereocenters. The molecule has 0 radical (unpaired) electrons. The Hall–Kier alpha value is -4.26. The Labute approximate surface area is 173 Å². The minimum atomic E-state index is -0.672. The number of nitrogens with one attached hydrogen (secondary N) is 1. The van der Waals surface area contributed by atoms with E-state index in [0.717, 1.165) is 11.3 Å². The van der Waals surface area contributed by atoms with E-state index in [1.165, 1.54) is 6.92 Å². The van der Waals surface area contributed by atoms with Crippen LogP contribution in [0.4, 0.5) is 5.69 Å². The van der Waals surface area contributed by atoms with E-state index in [4.69, 9.17) is 4.74 Å². The maximum Gasteiger partial charge on any atom is 0.383 e. The average molecular weight is 398 g/mol. The standard InChI is InChI=1S/C23H18N4O3/c1-16(28)24-18-12-14-20(15-13-18)30-23(29)21-25-22(17-8-4-2-5-9-17)27(26-21)19-10-6-3-7-11-19/h2-15H,1H3,(H,24,28). The van der Waals surface area contributed by atoms with Gasteiger partial charge in [0.25, 0.3) is 5.82 Å². The van der Waals surface area contributed by atoms with Crippen LogP contribution in [0, 0.1) is 0 Å². The van der Waals surface area contributed by atoms with Crippen molar-refractivity contribution in [3.8, 4) is 22.8 Å². The molecule has 4 rings (SSSR count). The van der Waals surface area contributed by atoms with Crippen molar-refractivity contribution in [2.75, 3.05) is 5.32 Å². The number of rotatable bonds is 5. The summed E-state index contributed by atoms with van der Waals surface area (Å²) in [6.07, 6.45) is 0. The van der Waals surface area contributed by atoms with Crippen molar-refractivity contribution in [3.05, 3.63) is 90.8 Å². The summed E-state index contributed by atoms with van der Waals surface area (Å²) >= 11 is 0. The molecule has 1 aromatic heterocycles.